The second-order valence-electron chi connectivity index (χ2n) is 8.68. The van der Waals surface area contributed by atoms with E-state index in [0.29, 0.717) is 5.41 Å². The van der Waals surface area contributed by atoms with Gasteiger partial charge in [0.1, 0.15) is 0 Å². The van der Waals surface area contributed by atoms with Gasteiger partial charge in [-0.3, -0.25) is 0 Å². The monoisotopic (exact) mass is 307 g/mol. The van der Waals surface area contributed by atoms with Crippen LogP contribution in [0.4, 0.5) is 0 Å². The fourth-order valence-electron chi connectivity index (χ4n) is 4.83. The van der Waals surface area contributed by atoms with Crippen LogP contribution in [0.1, 0.15) is 52.4 Å². The Labute approximate surface area is 138 Å². The van der Waals surface area contributed by atoms with Gasteiger partial charge in [-0.1, -0.05) is 0 Å². The highest BCUT2D eigenvalue weighted by atomic mass is 15.2. The van der Waals surface area contributed by atoms with Crippen LogP contribution in [0.25, 0.3) is 0 Å². The number of likely N-dealkylation sites (tertiary alicyclic amines) is 3. The van der Waals surface area contributed by atoms with Crippen LogP contribution < -0.4 is 0 Å². The van der Waals surface area contributed by atoms with Gasteiger partial charge >= 0.3 is 0 Å². The molecule has 0 N–H and O–H groups in total. The van der Waals surface area contributed by atoms with Gasteiger partial charge in [0.25, 0.3) is 0 Å². The predicted octanol–water partition coefficient (Wildman–Crippen LogP) is 2.91. The Kier molecular flexibility index (Phi) is 5.47. The molecule has 1 spiro atoms. The summed E-state index contributed by atoms with van der Waals surface area (Å²) in [6.07, 6.45) is 8.67. The Hall–Kier alpha value is -0.120. The lowest BCUT2D eigenvalue weighted by atomic mass is 9.71. The van der Waals surface area contributed by atoms with Crippen LogP contribution in [-0.4, -0.2) is 73.6 Å². The van der Waals surface area contributed by atoms with Crippen molar-refractivity contribution in [3.8, 4) is 0 Å². The molecule has 3 fully saturated rings. The molecule has 3 saturated heterocycles. The molecule has 0 unspecified atom stereocenters. The SMILES string of the molecule is CC(C)N1CCC2(CCN(CC3CCN(C)CC3)CC2)CC1. The van der Waals surface area contributed by atoms with Gasteiger partial charge in [0.05, 0.1) is 0 Å². The van der Waals surface area contributed by atoms with Crippen LogP contribution in [0.5, 0.6) is 0 Å². The maximum atomic E-state index is 2.79. The second kappa shape index (κ2) is 7.19. The number of nitrogens with zero attached hydrogens (tertiary/aromatic N) is 3. The minimum absolute atomic E-state index is 0.703. The standard InChI is InChI=1S/C19H37N3/c1-17(2)22-14-8-19(9-15-22)6-12-21(13-7-19)16-18-4-10-20(3)11-5-18/h17-18H,4-16H2,1-3H3. The van der Waals surface area contributed by atoms with E-state index in [1.54, 1.807) is 0 Å². The molecule has 0 amide bonds. The first-order chi connectivity index (χ1) is 10.6. The van der Waals surface area contributed by atoms with E-state index in [1.807, 2.05) is 0 Å². The lowest BCUT2D eigenvalue weighted by Crippen LogP contribution is -2.49. The van der Waals surface area contributed by atoms with Gasteiger partial charge in [-0.25, -0.2) is 0 Å². The molecule has 0 bridgehead atoms. The molecule has 0 aromatic rings. The molecule has 3 heteroatoms. The molecule has 3 heterocycles. The zero-order valence-electron chi connectivity index (χ0n) is 15.2. The molecule has 0 radical (unpaired) electrons. The van der Waals surface area contributed by atoms with E-state index < -0.39 is 0 Å². The zero-order valence-corrected chi connectivity index (χ0v) is 15.2. The molecule has 0 aliphatic carbocycles. The number of piperidine rings is 3. The average molecular weight is 308 g/mol. The van der Waals surface area contributed by atoms with Gasteiger partial charge in [-0.05, 0) is 110 Å². The number of hydrogen-bond acceptors (Lipinski definition) is 3. The number of hydrogen-bond donors (Lipinski definition) is 0. The molecule has 3 nitrogen and oxygen atoms in total. The third-order valence-corrected chi connectivity index (χ3v) is 6.86. The summed E-state index contributed by atoms with van der Waals surface area (Å²) >= 11 is 0. The highest BCUT2D eigenvalue weighted by Gasteiger charge is 2.38. The maximum Gasteiger partial charge on any atom is 0.00385 e. The molecular formula is C19H37N3. The normalized spacial score (nSPS) is 29.5. The summed E-state index contributed by atoms with van der Waals surface area (Å²) in [6.45, 7) is 14.1. The van der Waals surface area contributed by atoms with Crippen LogP contribution in [0.2, 0.25) is 0 Å². The Bertz CT molecular complexity index is 329. The van der Waals surface area contributed by atoms with Crippen molar-refractivity contribution in [2.45, 2.75) is 58.4 Å². The first kappa shape index (κ1) is 16.7. The molecule has 128 valence electrons. The van der Waals surface area contributed by atoms with Crippen LogP contribution >= 0.6 is 0 Å². The summed E-state index contributed by atoms with van der Waals surface area (Å²) < 4.78 is 0. The van der Waals surface area contributed by atoms with E-state index in [0.717, 1.165) is 12.0 Å². The Balaban J connectivity index is 1.41. The Morgan fingerprint density at radius 3 is 1.95 bits per heavy atom. The molecule has 0 saturated carbocycles. The fourth-order valence-corrected chi connectivity index (χ4v) is 4.83. The Morgan fingerprint density at radius 2 is 1.41 bits per heavy atom. The van der Waals surface area contributed by atoms with Crippen LogP contribution in [0.3, 0.4) is 0 Å². The molecule has 0 aromatic heterocycles. The van der Waals surface area contributed by atoms with Crippen LogP contribution in [0.15, 0.2) is 0 Å². The maximum absolute atomic E-state index is 2.79. The summed E-state index contributed by atoms with van der Waals surface area (Å²) in [6, 6.07) is 0.738. The van der Waals surface area contributed by atoms with Gasteiger partial charge < -0.3 is 14.7 Å². The lowest BCUT2D eigenvalue weighted by Gasteiger charge is -2.48. The van der Waals surface area contributed by atoms with Crippen LogP contribution in [0, 0.1) is 11.3 Å². The van der Waals surface area contributed by atoms with Gasteiger partial charge in [0.2, 0.25) is 0 Å². The van der Waals surface area contributed by atoms with Crippen molar-refractivity contribution in [2.24, 2.45) is 11.3 Å². The largest absolute Gasteiger partial charge is 0.306 e. The first-order valence-corrected chi connectivity index (χ1v) is 9.71. The van der Waals surface area contributed by atoms with Crippen molar-refractivity contribution in [3.63, 3.8) is 0 Å². The zero-order chi connectivity index (χ0) is 15.6. The predicted molar refractivity (Wildman–Crippen MR) is 94.3 cm³/mol. The molecule has 0 atom stereocenters. The van der Waals surface area contributed by atoms with Crippen molar-refractivity contribution < 1.29 is 0 Å². The van der Waals surface area contributed by atoms with E-state index in [4.69, 9.17) is 0 Å². The van der Waals surface area contributed by atoms with Crippen molar-refractivity contribution in [3.05, 3.63) is 0 Å². The van der Waals surface area contributed by atoms with Gasteiger partial charge in [0.15, 0.2) is 0 Å². The minimum atomic E-state index is 0.703. The van der Waals surface area contributed by atoms with Crippen LogP contribution in [-0.2, 0) is 0 Å². The highest BCUT2D eigenvalue weighted by Crippen LogP contribution is 2.41. The first-order valence-electron chi connectivity index (χ1n) is 9.71. The van der Waals surface area contributed by atoms with E-state index in [1.165, 1.54) is 84.3 Å². The summed E-state index contributed by atoms with van der Waals surface area (Å²) in [5.74, 6) is 0.966. The Morgan fingerprint density at radius 1 is 0.864 bits per heavy atom. The van der Waals surface area contributed by atoms with Gasteiger partial charge in [-0.15, -0.1) is 0 Å². The third kappa shape index (κ3) is 4.04. The molecule has 3 aliphatic heterocycles. The van der Waals surface area contributed by atoms with Crippen molar-refractivity contribution in [1.29, 1.82) is 0 Å². The quantitative estimate of drug-likeness (QED) is 0.794. The van der Waals surface area contributed by atoms with Crippen molar-refractivity contribution in [2.75, 3.05) is 52.9 Å². The summed E-state index contributed by atoms with van der Waals surface area (Å²) in [5, 5.41) is 0. The number of rotatable bonds is 3. The lowest BCUT2D eigenvalue weighted by molar-refractivity contribution is 0.0180. The van der Waals surface area contributed by atoms with Crippen molar-refractivity contribution in [1.82, 2.24) is 14.7 Å². The minimum Gasteiger partial charge on any atom is -0.306 e. The van der Waals surface area contributed by atoms with Gasteiger partial charge in [-0.2, -0.15) is 0 Å². The molecule has 3 rings (SSSR count). The molecule has 0 aromatic carbocycles. The van der Waals surface area contributed by atoms with E-state index in [9.17, 15) is 0 Å². The average Bonchev–Trinajstić information content (AvgIpc) is 2.52. The van der Waals surface area contributed by atoms with E-state index in [-0.39, 0.29) is 0 Å². The fraction of sp³-hybridized carbons (Fsp3) is 1.00. The molecule has 3 aliphatic rings. The van der Waals surface area contributed by atoms with Crippen molar-refractivity contribution >= 4 is 0 Å². The summed E-state index contributed by atoms with van der Waals surface area (Å²) in [5.41, 5.74) is 0.703. The topological polar surface area (TPSA) is 9.72 Å². The highest BCUT2D eigenvalue weighted by molar-refractivity contribution is 4.91. The third-order valence-electron chi connectivity index (χ3n) is 6.86. The van der Waals surface area contributed by atoms with E-state index >= 15 is 0 Å². The molecule has 22 heavy (non-hydrogen) atoms. The molecular weight excluding hydrogens is 270 g/mol. The second-order valence-corrected chi connectivity index (χ2v) is 8.68. The summed E-state index contributed by atoms with van der Waals surface area (Å²) in [7, 11) is 2.27. The van der Waals surface area contributed by atoms with E-state index in [2.05, 4.69) is 35.6 Å². The smallest absolute Gasteiger partial charge is 0.00385 e. The van der Waals surface area contributed by atoms with Gasteiger partial charge in [0, 0.05) is 12.6 Å². The summed E-state index contributed by atoms with van der Waals surface area (Å²) in [4.78, 5) is 7.95.